The normalized spacial score (nSPS) is 15.9. The maximum atomic E-state index is 12.8. The van der Waals surface area contributed by atoms with Crippen molar-refractivity contribution in [1.29, 1.82) is 0 Å². The number of rotatable bonds is 5. The van der Waals surface area contributed by atoms with Crippen LogP contribution in [0.3, 0.4) is 0 Å². The van der Waals surface area contributed by atoms with Crippen LogP contribution in [0.25, 0.3) is 0 Å². The number of ether oxygens (including phenoxy) is 2. The summed E-state index contributed by atoms with van der Waals surface area (Å²) < 4.78 is 37.5. The van der Waals surface area contributed by atoms with Gasteiger partial charge in [-0.25, -0.2) is 13.2 Å². The second kappa shape index (κ2) is 8.36. The molecular weight excluding hydrogens is 370 g/mol. The summed E-state index contributed by atoms with van der Waals surface area (Å²) in [6, 6.07) is 9.58. The Morgan fingerprint density at radius 3 is 2.33 bits per heavy atom. The second-order valence-corrected chi connectivity index (χ2v) is 7.98. The summed E-state index contributed by atoms with van der Waals surface area (Å²) in [7, 11) is -2.33. The van der Waals surface area contributed by atoms with Gasteiger partial charge in [-0.15, -0.1) is 0 Å². The van der Waals surface area contributed by atoms with Gasteiger partial charge in [0.05, 0.1) is 12.0 Å². The zero-order valence-electron chi connectivity index (χ0n) is 14.9. The van der Waals surface area contributed by atoms with Crippen molar-refractivity contribution in [3.8, 4) is 5.75 Å². The summed E-state index contributed by atoms with van der Waals surface area (Å²) in [5.41, 5.74) is 0.463. The van der Waals surface area contributed by atoms with Crippen molar-refractivity contribution in [3.05, 3.63) is 48.8 Å². The van der Waals surface area contributed by atoms with E-state index >= 15 is 0 Å². The number of nitrogens with zero attached hydrogens (tertiary/aromatic N) is 2. The molecule has 1 amide bonds. The number of carbonyl (C=O) groups excluding carboxylic acids is 1. The molecule has 2 heterocycles. The number of anilines is 1. The first-order chi connectivity index (χ1) is 13.0. The fraction of sp³-hybridized carbons (Fsp3) is 0.333. The Hall–Kier alpha value is -2.65. The van der Waals surface area contributed by atoms with Gasteiger partial charge >= 0.3 is 6.09 Å². The standard InChI is InChI=1S/C18H21N3O5S/c1-25-18(22)20-14-2-4-17(5-3-14)27(23,24)21-12-8-16(9-13-21)26-15-6-10-19-11-7-15/h2-7,10-11,16H,8-9,12-13H2,1H3,(H,20,22). The molecular formula is C18H21N3O5S. The van der Waals surface area contributed by atoms with Crippen LogP contribution in [0.2, 0.25) is 0 Å². The molecule has 2 aromatic rings. The van der Waals surface area contributed by atoms with Gasteiger partial charge in [0.15, 0.2) is 0 Å². The van der Waals surface area contributed by atoms with E-state index in [4.69, 9.17) is 4.74 Å². The van der Waals surface area contributed by atoms with E-state index < -0.39 is 16.1 Å². The molecule has 0 saturated carbocycles. The third kappa shape index (κ3) is 4.75. The molecule has 27 heavy (non-hydrogen) atoms. The van der Waals surface area contributed by atoms with Crippen molar-refractivity contribution in [2.24, 2.45) is 0 Å². The van der Waals surface area contributed by atoms with Crippen LogP contribution in [0.5, 0.6) is 5.75 Å². The topological polar surface area (TPSA) is 97.8 Å². The molecule has 1 N–H and O–H groups in total. The van der Waals surface area contributed by atoms with Crippen molar-refractivity contribution in [3.63, 3.8) is 0 Å². The van der Waals surface area contributed by atoms with Crippen LogP contribution < -0.4 is 10.1 Å². The van der Waals surface area contributed by atoms with Gasteiger partial charge in [-0.3, -0.25) is 10.3 Å². The molecule has 0 aliphatic carbocycles. The van der Waals surface area contributed by atoms with E-state index in [1.165, 1.54) is 35.7 Å². The van der Waals surface area contributed by atoms with Crippen LogP contribution >= 0.6 is 0 Å². The summed E-state index contributed by atoms with van der Waals surface area (Å²) in [6.45, 7) is 0.778. The Morgan fingerprint density at radius 1 is 1.11 bits per heavy atom. The van der Waals surface area contributed by atoms with E-state index in [-0.39, 0.29) is 11.0 Å². The first-order valence-electron chi connectivity index (χ1n) is 8.51. The van der Waals surface area contributed by atoms with Crippen LogP contribution in [0.1, 0.15) is 12.8 Å². The number of pyridine rings is 1. The average Bonchev–Trinajstić information content (AvgIpc) is 2.69. The summed E-state index contributed by atoms with van der Waals surface area (Å²) >= 11 is 0. The maximum absolute atomic E-state index is 12.8. The molecule has 1 saturated heterocycles. The third-order valence-corrected chi connectivity index (χ3v) is 6.19. The van der Waals surface area contributed by atoms with Crippen molar-refractivity contribution in [2.75, 3.05) is 25.5 Å². The lowest BCUT2D eigenvalue weighted by Gasteiger charge is -2.31. The summed E-state index contributed by atoms with van der Waals surface area (Å²) in [4.78, 5) is 15.3. The lowest BCUT2D eigenvalue weighted by Crippen LogP contribution is -2.41. The zero-order valence-corrected chi connectivity index (χ0v) is 15.7. The largest absolute Gasteiger partial charge is 0.490 e. The van der Waals surface area contributed by atoms with Crippen LogP contribution in [0, 0.1) is 0 Å². The smallest absolute Gasteiger partial charge is 0.411 e. The van der Waals surface area contributed by atoms with Gasteiger partial charge in [0, 0.05) is 31.2 Å². The van der Waals surface area contributed by atoms with Gasteiger partial charge in [-0.2, -0.15) is 4.31 Å². The van der Waals surface area contributed by atoms with Gasteiger partial charge < -0.3 is 9.47 Å². The van der Waals surface area contributed by atoms with E-state index in [1.807, 2.05) is 0 Å². The quantitative estimate of drug-likeness (QED) is 0.841. The van der Waals surface area contributed by atoms with E-state index in [1.54, 1.807) is 24.5 Å². The van der Waals surface area contributed by atoms with Gasteiger partial charge in [0.2, 0.25) is 10.0 Å². The fourth-order valence-corrected chi connectivity index (χ4v) is 4.30. The third-order valence-electron chi connectivity index (χ3n) is 4.28. The Bertz CT molecular complexity index is 864. The summed E-state index contributed by atoms with van der Waals surface area (Å²) in [5, 5.41) is 2.49. The molecule has 1 aliphatic rings. The first-order valence-corrected chi connectivity index (χ1v) is 9.95. The minimum atomic E-state index is -3.59. The predicted octanol–water partition coefficient (Wildman–Crippen LogP) is 2.49. The van der Waals surface area contributed by atoms with Gasteiger partial charge in [-0.1, -0.05) is 0 Å². The molecule has 0 spiro atoms. The lowest BCUT2D eigenvalue weighted by atomic mass is 10.1. The highest BCUT2D eigenvalue weighted by Gasteiger charge is 2.30. The van der Waals surface area contributed by atoms with Crippen molar-refractivity contribution >= 4 is 21.8 Å². The molecule has 0 radical (unpaired) electrons. The van der Waals surface area contributed by atoms with E-state index in [0.29, 0.717) is 31.6 Å². The SMILES string of the molecule is COC(=O)Nc1ccc(S(=O)(=O)N2CCC(Oc3ccncc3)CC2)cc1. The highest BCUT2D eigenvalue weighted by atomic mass is 32.2. The van der Waals surface area contributed by atoms with Crippen LogP contribution in [0.4, 0.5) is 10.5 Å². The predicted molar refractivity (Wildman–Crippen MR) is 99.1 cm³/mol. The summed E-state index contributed by atoms with van der Waals surface area (Å²) in [5.74, 6) is 0.736. The molecule has 0 atom stereocenters. The number of aromatic nitrogens is 1. The number of methoxy groups -OCH3 is 1. The van der Waals surface area contributed by atoms with Crippen molar-refractivity contribution in [2.45, 2.75) is 23.8 Å². The molecule has 1 aliphatic heterocycles. The van der Waals surface area contributed by atoms with E-state index in [0.717, 1.165) is 5.75 Å². The fourth-order valence-electron chi connectivity index (χ4n) is 2.83. The number of carbonyl (C=O) groups is 1. The number of amides is 1. The van der Waals surface area contributed by atoms with E-state index in [9.17, 15) is 13.2 Å². The Morgan fingerprint density at radius 2 is 1.74 bits per heavy atom. The molecule has 3 rings (SSSR count). The van der Waals surface area contributed by atoms with Crippen molar-refractivity contribution < 1.29 is 22.7 Å². The first kappa shape index (κ1) is 19.1. The molecule has 144 valence electrons. The van der Waals surface area contributed by atoms with Crippen LogP contribution in [-0.4, -0.2) is 50.1 Å². The Kier molecular flexibility index (Phi) is 5.92. The lowest BCUT2D eigenvalue weighted by molar-refractivity contribution is 0.135. The molecule has 0 bridgehead atoms. The maximum Gasteiger partial charge on any atom is 0.411 e. The second-order valence-electron chi connectivity index (χ2n) is 6.05. The monoisotopic (exact) mass is 391 g/mol. The zero-order chi connectivity index (χ0) is 19.3. The number of hydrogen-bond donors (Lipinski definition) is 1. The molecule has 1 aromatic carbocycles. The van der Waals surface area contributed by atoms with Gasteiger partial charge in [0.1, 0.15) is 11.9 Å². The number of sulfonamides is 1. The number of nitrogens with one attached hydrogen (secondary N) is 1. The minimum absolute atomic E-state index is 0.0227. The Balaban J connectivity index is 1.60. The average molecular weight is 391 g/mol. The molecule has 9 heteroatoms. The highest BCUT2D eigenvalue weighted by molar-refractivity contribution is 7.89. The van der Waals surface area contributed by atoms with Crippen molar-refractivity contribution in [1.82, 2.24) is 9.29 Å². The summed E-state index contributed by atoms with van der Waals surface area (Å²) in [6.07, 6.45) is 3.92. The minimum Gasteiger partial charge on any atom is -0.490 e. The number of piperidine rings is 1. The van der Waals surface area contributed by atoms with Crippen LogP contribution in [-0.2, 0) is 14.8 Å². The van der Waals surface area contributed by atoms with Gasteiger partial charge in [0.25, 0.3) is 0 Å². The highest BCUT2D eigenvalue weighted by Crippen LogP contribution is 2.24. The number of hydrogen-bond acceptors (Lipinski definition) is 6. The Labute approximate surface area is 158 Å². The molecule has 0 unspecified atom stereocenters. The van der Waals surface area contributed by atoms with E-state index in [2.05, 4.69) is 15.0 Å². The van der Waals surface area contributed by atoms with Gasteiger partial charge in [-0.05, 0) is 49.2 Å². The molecule has 1 aromatic heterocycles. The van der Waals surface area contributed by atoms with Crippen LogP contribution in [0.15, 0.2) is 53.7 Å². The molecule has 1 fully saturated rings. The molecule has 8 nitrogen and oxygen atoms in total. The number of benzene rings is 1.